The number of hydrogen-bond donors (Lipinski definition) is 0. The standard InChI is InChI=1S/C12H9N7O4S/c1-16-12(24)18(11(15-16)9-7-17(20)5-4-13-9)14-6-8-2-3-10(23-8)19(21)22/h2-7H,1H3/b14-6-. The molecule has 0 atom stereocenters. The van der Waals surface area contributed by atoms with E-state index in [1.165, 1.54) is 46.3 Å². The molecule has 3 rings (SSSR count). The smallest absolute Gasteiger partial charge is 0.433 e. The number of nitrogens with zero attached hydrogens (tertiary/aromatic N) is 7. The van der Waals surface area contributed by atoms with Gasteiger partial charge in [0.15, 0.2) is 17.7 Å². The predicted molar refractivity (Wildman–Crippen MR) is 82.6 cm³/mol. The van der Waals surface area contributed by atoms with E-state index in [1.807, 2.05) is 0 Å². The van der Waals surface area contributed by atoms with Gasteiger partial charge in [0.1, 0.15) is 4.92 Å². The summed E-state index contributed by atoms with van der Waals surface area (Å²) in [5.41, 5.74) is 0.266. The summed E-state index contributed by atoms with van der Waals surface area (Å²) in [6, 6.07) is 2.61. The Kier molecular flexibility index (Phi) is 3.87. The molecular weight excluding hydrogens is 338 g/mol. The van der Waals surface area contributed by atoms with Gasteiger partial charge in [-0.15, -0.1) is 5.10 Å². The van der Waals surface area contributed by atoms with E-state index in [0.717, 1.165) is 0 Å². The van der Waals surface area contributed by atoms with Crippen molar-refractivity contribution in [3.63, 3.8) is 0 Å². The van der Waals surface area contributed by atoms with E-state index in [0.29, 0.717) is 4.73 Å². The molecule has 12 heteroatoms. The highest BCUT2D eigenvalue weighted by atomic mass is 32.1. The summed E-state index contributed by atoms with van der Waals surface area (Å²) in [5, 5.41) is 30.3. The number of rotatable bonds is 4. The zero-order chi connectivity index (χ0) is 17.3. The third kappa shape index (κ3) is 2.89. The van der Waals surface area contributed by atoms with Gasteiger partial charge in [-0.1, -0.05) is 0 Å². The summed E-state index contributed by atoms with van der Waals surface area (Å²) in [7, 11) is 1.61. The second-order valence-electron chi connectivity index (χ2n) is 4.52. The Morgan fingerprint density at radius 1 is 1.50 bits per heavy atom. The van der Waals surface area contributed by atoms with Crippen LogP contribution in [-0.2, 0) is 7.05 Å². The molecule has 3 aromatic rings. The molecule has 0 saturated heterocycles. The zero-order valence-corrected chi connectivity index (χ0v) is 13.0. The molecule has 0 saturated carbocycles. The molecule has 0 unspecified atom stereocenters. The molecule has 3 heterocycles. The van der Waals surface area contributed by atoms with Gasteiger partial charge in [0, 0.05) is 7.05 Å². The van der Waals surface area contributed by atoms with Gasteiger partial charge in [0.05, 0.1) is 18.5 Å². The summed E-state index contributed by atoms with van der Waals surface area (Å²) in [6.07, 6.45) is 5.03. The lowest BCUT2D eigenvalue weighted by Gasteiger charge is -1.99. The molecule has 0 spiro atoms. The highest BCUT2D eigenvalue weighted by Crippen LogP contribution is 2.16. The predicted octanol–water partition coefficient (Wildman–Crippen LogP) is 1.03. The van der Waals surface area contributed by atoms with Crippen LogP contribution in [0.5, 0.6) is 0 Å². The minimum absolute atomic E-state index is 0.165. The fourth-order valence-electron chi connectivity index (χ4n) is 1.83. The molecule has 0 aromatic carbocycles. The number of furan rings is 1. The molecule has 24 heavy (non-hydrogen) atoms. The largest absolute Gasteiger partial charge is 0.619 e. The maximum absolute atomic E-state index is 11.4. The zero-order valence-electron chi connectivity index (χ0n) is 12.1. The van der Waals surface area contributed by atoms with Crippen molar-refractivity contribution in [2.75, 3.05) is 0 Å². The van der Waals surface area contributed by atoms with Crippen molar-refractivity contribution >= 4 is 24.3 Å². The lowest BCUT2D eigenvalue weighted by Crippen LogP contribution is -2.25. The Hall–Kier alpha value is -3.41. The van der Waals surface area contributed by atoms with Crippen molar-refractivity contribution in [2.45, 2.75) is 0 Å². The highest BCUT2D eigenvalue weighted by Gasteiger charge is 2.15. The van der Waals surface area contributed by atoms with Gasteiger partial charge in [-0.05, 0) is 18.3 Å². The van der Waals surface area contributed by atoms with Gasteiger partial charge in [0.25, 0.3) is 0 Å². The lowest BCUT2D eigenvalue weighted by atomic mass is 10.4. The van der Waals surface area contributed by atoms with Crippen LogP contribution in [0.2, 0.25) is 0 Å². The Balaban J connectivity index is 2.02. The molecule has 0 aliphatic carbocycles. The normalized spacial score (nSPS) is 11.2. The molecule has 0 aliphatic rings. The van der Waals surface area contributed by atoms with Crippen LogP contribution in [0.4, 0.5) is 5.88 Å². The summed E-state index contributed by atoms with van der Waals surface area (Å²) in [5.74, 6) is 0.00639. The average Bonchev–Trinajstić information content (AvgIpc) is 3.12. The topological polar surface area (TPSA) is 131 Å². The van der Waals surface area contributed by atoms with Gasteiger partial charge in [0.2, 0.25) is 16.8 Å². The maximum Gasteiger partial charge on any atom is 0.433 e. The molecule has 0 fully saturated rings. The summed E-state index contributed by atoms with van der Waals surface area (Å²) in [6.45, 7) is 0. The van der Waals surface area contributed by atoms with Gasteiger partial charge in [-0.3, -0.25) is 10.1 Å². The third-order valence-electron chi connectivity index (χ3n) is 2.90. The van der Waals surface area contributed by atoms with E-state index < -0.39 is 10.8 Å². The van der Waals surface area contributed by atoms with E-state index in [-0.39, 0.29) is 22.0 Å². The third-order valence-corrected chi connectivity index (χ3v) is 3.34. The fourth-order valence-corrected chi connectivity index (χ4v) is 2.01. The number of nitro groups is 1. The van der Waals surface area contributed by atoms with Crippen molar-refractivity contribution in [2.24, 2.45) is 12.1 Å². The fraction of sp³-hybridized carbons (Fsp3) is 0.0833. The van der Waals surface area contributed by atoms with E-state index >= 15 is 0 Å². The van der Waals surface area contributed by atoms with Crippen molar-refractivity contribution in [3.05, 3.63) is 56.6 Å². The van der Waals surface area contributed by atoms with Gasteiger partial charge in [-0.2, -0.15) is 14.5 Å². The minimum Gasteiger partial charge on any atom is -0.619 e. The quantitative estimate of drug-likeness (QED) is 0.172. The molecule has 0 N–H and O–H groups in total. The highest BCUT2D eigenvalue weighted by molar-refractivity contribution is 7.71. The van der Waals surface area contributed by atoms with Crippen LogP contribution in [0.25, 0.3) is 11.5 Å². The van der Waals surface area contributed by atoms with E-state index in [4.69, 9.17) is 16.6 Å². The second kappa shape index (κ2) is 6.00. The lowest BCUT2D eigenvalue weighted by molar-refractivity contribution is -0.605. The SMILES string of the molecule is Cn1nc(-c2c[n+]([O-])ccn2)n(/N=C\c2ccc([N+](=O)[O-])o2)c1=S. The van der Waals surface area contributed by atoms with Crippen LogP contribution in [-0.4, -0.2) is 30.6 Å². The summed E-state index contributed by atoms with van der Waals surface area (Å²) < 4.78 is 8.46. The maximum atomic E-state index is 11.4. The van der Waals surface area contributed by atoms with Crippen LogP contribution in [0.1, 0.15) is 5.76 Å². The van der Waals surface area contributed by atoms with Crippen molar-refractivity contribution < 1.29 is 14.1 Å². The summed E-state index contributed by atoms with van der Waals surface area (Å²) >= 11 is 5.21. The molecule has 0 amide bonds. The summed E-state index contributed by atoms with van der Waals surface area (Å²) in [4.78, 5) is 14.0. The van der Waals surface area contributed by atoms with E-state index in [9.17, 15) is 15.3 Å². The van der Waals surface area contributed by atoms with Crippen LogP contribution in [0, 0.1) is 20.1 Å². The first-order valence-corrected chi connectivity index (χ1v) is 6.86. The average molecular weight is 347 g/mol. The Morgan fingerprint density at radius 2 is 2.29 bits per heavy atom. The van der Waals surface area contributed by atoms with Crippen molar-refractivity contribution in [1.82, 2.24) is 19.4 Å². The van der Waals surface area contributed by atoms with Crippen molar-refractivity contribution in [1.29, 1.82) is 0 Å². The van der Waals surface area contributed by atoms with Crippen LogP contribution in [0.15, 0.2) is 40.2 Å². The van der Waals surface area contributed by atoms with Crippen LogP contribution in [0.3, 0.4) is 0 Å². The minimum atomic E-state index is -0.653. The first-order chi connectivity index (χ1) is 11.5. The Labute approximate surface area is 138 Å². The molecule has 0 aliphatic heterocycles. The van der Waals surface area contributed by atoms with Gasteiger partial charge < -0.3 is 9.62 Å². The van der Waals surface area contributed by atoms with E-state index in [1.54, 1.807) is 7.05 Å². The number of aryl methyl sites for hydroxylation is 1. The molecular formula is C12H9N7O4S. The monoisotopic (exact) mass is 347 g/mol. The first kappa shape index (κ1) is 15.5. The van der Waals surface area contributed by atoms with Gasteiger partial charge in [-0.25, -0.2) is 9.67 Å². The molecule has 3 aromatic heterocycles. The Morgan fingerprint density at radius 3 is 2.96 bits per heavy atom. The molecule has 11 nitrogen and oxygen atoms in total. The number of hydrogen-bond acceptors (Lipinski definition) is 8. The first-order valence-electron chi connectivity index (χ1n) is 6.45. The second-order valence-corrected chi connectivity index (χ2v) is 4.89. The van der Waals surface area contributed by atoms with Crippen LogP contribution < -0.4 is 4.73 Å². The molecule has 0 bridgehead atoms. The Bertz CT molecular complexity index is 1000. The molecule has 122 valence electrons. The van der Waals surface area contributed by atoms with Gasteiger partial charge >= 0.3 is 5.88 Å². The van der Waals surface area contributed by atoms with Crippen LogP contribution >= 0.6 is 12.2 Å². The van der Waals surface area contributed by atoms with E-state index in [2.05, 4.69) is 15.2 Å². The molecule has 0 radical (unpaired) electrons. The van der Waals surface area contributed by atoms with Crippen molar-refractivity contribution in [3.8, 4) is 11.5 Å². The number of aromatic nitrogens is 5.